The smallest absolute Gasteiger partial charge is 0.235 e. The van der Waals surface area contributed by atoms with Gasteiger partial charge in [-0.25, -0.2) is 10.1 Å². The molecule has 0 unspecified atom stereocenters. The number of hydrogen-bond donors (Lipinski definition) is 1. The first kappa shape index (κ1) is 10.3. The summed E-state index contributed by atoms with van der Waals surface area (Å²) in [4.78, 5) is 9.94. The minimum atomic E-state index is -4.49. The molecule has 0 aliphatic heterocycles. The van der Waals surface area contributed by atoms with E-state index in [1.54, 1.807) is 5.43 Å². The fraction of sp³-hybridized carbons (Fsp3) is 0.143. The third-order valence-electron chi connectivity index (χ3n) is 1.41. The van der Waals surface area contributed by atoms with E-state index in [0.29, 0.717) is 6.07 Å². The number of nitrogens with zero attached hydrogens (tertiary/aromatic N) is 1. The van der Waals surface area contributed by atoms with Crippen molar-refractivity contribution in [1.29, 1.82) is 0 Å². The van der Waals surface area contributed by atoms with E-state index in [2.05, 4.69) is 0 Å². The lowest BCUT2D eigenvalue weighted by atomic mass is 10.2. The van der Waals surface area contributed by atoms with E-state index in [0.717, 1.165) is 12.1 Å². The predicted octanol–water partition coefficient (Wildman–Crippen LogP) is 2.31. The summed E-state index contributed by atoms with van der Waals surface area (Å²) >= 11 is 0. The van der Waals surface area contributed by atoms with Crippen LogP contribution in [0.25, 0.3) is 0 Å². The van der Waals surface area contributed by atoms with E-state index in [1.807, 2.05) is 0 Å². The Hall–Kier alpha value is -1.79. The number of anilines is 1. The van der Waals surface area contributed by atoms with Crippen molar-refractivity contribution < 1.29 is 18.2 Å². The Morgan fingerprint density at radius 1 is 1.36 bits per heavy atom. The van der Waals surface area contributed by atoms with Gasteiger partial charge in [0.05, 0.1) is 5.56 Å². The number of halogens is 3. The summed E-state index contributed by atoms with van der Waals surface area (Å²) < 4.78 is 36.3. The van der Waals surface area contributed by atoms with Crippen LogP contribution in [0, 0.1) is 10.1 Å². The van der Waals surface area contributed by atoms with Gasteiger partial charge in [-0.15, -0.1) is 5.43 Å². The maximum absolute atomic E-state index is 12.1. The Bertz CT molecular complexity index is 351. The predicted molar refractivity (Wildman–Crippen MR) is 42.1 cm³/mol. The molecule has 0 radical (unpaired) electrons. The van der Waals surface area contributed by atoms with E-state index in [-0.39, 0.29) is 5.69 Å². The van der Waals surface area contributed by atoms with Gasteiger partial charge in [0.25, 0.3) is 0 Å². The number of rotatable bonds is 2. The van der Waals surface area contributed by atoms with Crippen molar-refractivity contribution in [3.8, 4) is 0 Å². The molecule has 0 aromatic heterocycles. The van der Waals surface area contributed by atoms with Gasteiger partial charge in [0.15, 0.2) is 5.03 Å². The second kappa shape index (κ2) is 3.52. The fourth-order valence-corrected chi connectivity index (χ4v) is 0.870. The SMILES string of the molecule is O=[N+]([O-])Nc1cccc(C(F)(F)F)c1. The molecular weight excluding hydrogens is 201 g/mol. The van der Waals surface area contributed by atoms with Crippen LogP contribution < -0.4 is 5.43 Å². The van der Waals surface area contributed by atoms with Crippen molar-refractivity contribution >= 4 is 5.69 Å². The average Bonchev–Trinajstić information content (AvgIpc) is 2.01. The molecule has 76 valence electrons. The van der Waals surface area contributed by atoms with Crippen molar-refractivity contribution in [3.05, 3.63) is 39.9 Å². The van der Waals surface area contributed by atoms with Gasteiger partial charge in [-0.05, 0) is 18.2 Å². The highest BCUT2D eigenvalue weighted by atomic mass is 19.4. The third-order valence-corrected chi connectivity index (χ3v) is 1.41. The van der Waals surface area contributed by atoms with Crippen molar-refractivity contribution in [1.82, 2.24) is 0 Å². The van der Waals surface area contributed by atoms with Crippen molar-refractivity contribution in [3.63, 3.8) is 0 Å². The summed E-state index contributed by atoms with van der Waals surface area (Å²) in [5, 5.41) is 9.02. The van der Waals surface area contributed by atoms with Crippen LogP contribution in [0.3, 0.4) is 0 Å². The number of nitro groups is 1. The van der Waals surface area contributed by atoms with Gasteiger partial charge in [0, 0.05) is 0 Å². The molecule has 1 rings (SSSR count). The standard InChI is InChI=1S/C7H5F3N2O2/c8-7(9,10)5-2-1-3-6(4-5)11-12(13)14/h1-4,11H. The molecule has 1 N–H and O–H groups in total. The van der Waals surface area contributed by atoms with Crippen LogP contribution in [0.5, 0.6) is 0 Å². The highest BCUT2D eigenvalue weighted by Crippen LogP contribution is 2.30. The van der Waals surface area contributed by atoms with Crippen LogP contribution in [0.1, 0.15) is 5.56 Å². The number of hydrazine groups is 1. The maximum Gasteiger partial charge on any atom is 0.416 e. The van der Waals surface area contributed by atoms with Gasteiger partial charge in [-0.3, -0.25) is 0 Å². The summed E-state index contributed by atoms with van der Waals surface area (Å²) in [6.07, 6.45) is -4.49. The van der Waals surface area contributed by atoms with Crippen LogP contribution in [0.15, 0.2) is 24.3 Å². The summed E-state index contributed by atoms with van der Waals surface area (Å²) in [5.74, 6) is 0. The molecule has 14 heavy (non-hydrogen) atoms. The zero-order chi connectivity index (χ0) is 10.8. The lowest BCUT2D eigenvalue weighted by molar-refractivity contribution is -0.445. The van der Waals surface area contributed by atoms with E-state index in [1.165, 1.54) is 6.07 Å². The molecule has 1 aromatic rings. The Morgan fingerprint density at radius 3 is 2.50 bits per heavy atom. The Balaban J connectivity index is 2.95. The van der Waals surface area contributed by atoms with Crippen LogP contribution in [0.2, 0.25) is 0 Å². The first-order chi connectivity index (χ1) is 6.39. The van der Waals surface area contributed by atoms with Crippen LogP contribution in [-0.2, 0) is 6.18 Å². The largest absolute Gasteiger partial charge is 0.416 e. The molecule has 7 heteroatoms. The third kappa shape index (κ3) is 2.61. The van der Waals surface area contributed by atoms with Gasteiger partial charge in [-0.1, -0.05) is 6.07 Å². The van der Waals surface area contributed by atoms with Crippen molar-refractivity contribution in [2.45, 2.75) is 6.18 Å². The molecule has 1 aromatic carbocycles. The Morgan fingerprint density at radius 2 is 2.00 bits per heavy atom. The summed E-state index contributed by atoms with van der Waals surface area (Å²) in [5.41, 5.74) is 0.509. The van der Waals surface area contributed by atoms with E-state index in [9.17, 15) is 23.3 Å². The maximum atomic E-state index is 12.1. The highest BCUT2D eigenvalue weighted by Gasteiger charge is 2.30. The summed E-state index contributed by atoms with van der Waals surface area (Å²) in [7, 11) is 0. The fourth-order valence-electron chi connectivity index (χ4n) is 0.870. The van der Waals surface area contributed by atoms with Crippen LogP contribution in [-0.4, -0.2) is 5.03 Å². The number of nitrogens with one attached hydrogen (secondary N) is 1. The Labute approximate surface area is 76.5 Å². The lowest BCUT2D eigenvalue weighted by Gasteiger charge is -2.06. The Kier molecular flexibility index (Phi) is 2.59. The van der Waals surface area contributed by atoms with Gasteiger partial charge in [-0.2, -0.15) is 13.2 Å². The molecule has 0 atom stereocenters. The molecule has 0 heterocycles. The lowest BCUT2D eigenvalue weighted by Crippen LogP contribution is -2.10. The topological polar surface area (TPSA) is 55.2 Å². The molecule has 0 aliphatic rings. The minimum absolute atomic E-state index is 0.204. The van der Waals surface area contributed by atoms with E-state index >= 15 is 0 Å². The molecule has 0 saturated carbocycles. The first-order valence-electron chi connectivity index (χ1n) is 3.48. The average molecular weight is 206 g/mol. The van der Waals surface area contributed by atoms with Gasteiger partial charge < -0.3 is 0 Å². The summed E-state index contributed by atoms with van der Waals surface area (Å²) in [6.45, 7) is 0. The highest BCUT2D eigenvalue weighted by molar-refractivity contribution is 5.44. The molecule has 0 bridgehead atoms. The van der Waals surface area contributed by atoms with Gasteiger partial charge >= 0.3 is 6.18 Å². The first-order valence-corrected chi connectivity index (χ1v) is 3.48. The zero-order valence-electron chi connectivity index (χ0n) is 6.71. The number of benzene rings is 1. The van der Waals surface area contributed by atoms with E-state index in [4.69, 9.17) is 0 Å². The molecule has 4 nitrogen and oxygen atoms in total. The summed E-state index contributed by atoms with van der Waals surface area (Å²) in [6, 6.07) is 3.78. The van der Waals surface area contributed by atoms with Crippen LogP contribution >= 0.6 is 0 Å². The zero-order valence-corrected chi connectivity index (χ0v) is 6.71. The molecule has 0 saturated heterocycles. The van der Waals surface area contributed by atoms with Gasteiger partial charge in [0.2, 0.25) is 0 Å². The monoisotopic (exact) mass is 206 g/mol. The molecule has 0 fully saturated rings. The molecule has 0 spiro atoms. The second-order valence-corrected chi connectivity index (χ2v) is 2.45. The van der Waals surface area contributed by atoms with Gasteiger partial charge in [0.1, 0.15) is 5.69 Å². The second-order valence-electron chi connectivity index (χ2n) is 2.45. The normalized spacial score (nSPS) is 11.1. The molecule has 0 aliphatic carbocycles. The van der Waals surface area contributed by atoms with Crippen LogP contribution in [0.4, 0.5) is 18.9 Å². The number of alkyl halides is 3. The molecular formula is C7H5F3N2O2. The molecule has 0 amide bonds. The van der Waals surface area contributed by atoms with E-state index < -0.39 is 16.8 Å². The van der Waals surface area contributed by atoms with Crippen molar-refractivity contribution in [2.24, 2.45) is 0 Å². The minimum Gasteiger partial charge on any atom is -0.235 e. The van der Waals surface area contributed by atoms with Crippen molar-refractivity contribution in [2.75, 3.05) is 5.43 Å². The number of hydrogen-bond acceptors (Lipinski definition) is 2. The quantitative estimate of drug-likeness (QED) is 0.596.